The Balaban J connectivity index is 1.27. The van der Waals surface area contributed by atoms with Crippen LogP contribution < -0.4 is 0 Å². The Morgan fingerprint density at radius 3 is 2.19 bits per heavy atom. The zero-order valence-corrected chi connectivity index (χ0v) is 17.0. The third-order valence-corrected chi connectivity index (χ3v) is 8.80. The molecule has 2 aliphatic carbocycles. The zero-order chi connectivity index (χ0) is 18.5. The highest BCUT2D eigenvalue weighted by Crippen LogP contribution is 2.53. The predicted octanol–water partition coefficient (Wildman–Crippen LogP) is 1.52. The Hall–Kier alpha value is -0.660. The molecule has 4 rings (SSSR count). The fourth-order valence-corrected chi connectivity index (χ4v) is 6.34. The van der Waals surface area contributed by atoms with Gasteiger partial charge < -0.3 is 4.90 Å². The van der Waals surface area contributed by atoms with Crippen molar-refractivity contribution in [2.24, 2.45) is 11.3 Å². The van der Waals surface area contributed by atoms with Crippen LogP contribution >= 0.6 is 0 Å². The quantitative estimate of drug-likeness (QED) is 0.741. The Labute approximate surface area is 157 Å². The second-order valence-electron chi connectivity index (χ2n) is 9.23. The van der Waals surface area contributed by atoms with E-state index in [0.717, 1.165) is 51.4 Å². The van der Waals surface area contributed by atoms with Crippen molar-refractivity contribution >= 4 is 15.9 Å². The maximum absolute atomic E-state index is 13.0. The van der Waals surface area contributed by atoms with Crippen LogP contribution in [0, 0.1) is 11.3 Å². The highest BCUT2D eigenvalue weighted by atomic mass is 32.2. The molecule has 1 spiro atoms. The first kappa shape index (κ1) is 18.7. The number of rotatable bonds is 3. The third kappa shape index (κ3) is 3.42. The minimum atomic E-state index is -3.07. The van der Waals surface area contributed by atoms with Crippen LogP contribution in [0.1, 0.15) is 51.9 Å². The molecular weight excluding hydrogens is 350 g/mol. The topological polar surface area (TPSA) is 60.9 Å². The number of amides is 1. The summed E-state index contributed by atoms with van der Waals surface area (Å²) in [6.07, 6.45) is 9.05. The summed E-state index contributed by atoms with van der Waals surface area (Å²) in [7, 11) is -3.07. The molecule has 4 fully saturated rings. The Morgan fingerprint density at radius 2 is 1.69 bits per heavy atom. The molecule has 1 amide bonds. The molecule has 2 heterocycles. The summed E-state index contributed by atoms with van der Waals surface area (Å²) in [6.45, 7) is 6.37. The minimum Gasteiger partial charge on any atom is -0.337 e. The van der Waals surface area contributed by atoms with E-state index in [-0.39, 0.29) is 11.3 Å². The molecule has 0 aromatic rings. The number of carbonyl (C=O) groups is 1. The van der Waals surface area contributed by atoms with Crippen LogP contribution in [0.3, 0.4) is 0 Å². The second kappa shape index (κ2) is 6.74. The number of carbonyl (C=O) groups excluding carboxylic acids is 1. The van der Waals surface area contributed by atoms with Crippen molar-refractivity contribution in [1.29, 1.82) is 0 Å². The molecule has 2 saturated carbocycles. The molecule has 1 atom stereocenters. The molecule has 0 aromatic heterocycles. The van der Waals surface area contributed by atoms with Gasteiger partial charge in [-0.2, -0.15) is 0 Å². The van der Waals surface area contributed by atoms with E-state index in [1.54, 1.807) is 4.31 Å². The highest BCUT2D eigenvalue weighted by Gasteiger charge is 2.50. The second-order valence-corrected chi connectivity index (χ2v) is 11.2. The van der Waals surface area contributed by atoms with Crippen molar-refractivity contribution in [2.75, 3.05) is 39.0 Å². The van der Waals surface area contributed by atoms with Crippen molar-refractivity contribution in [1.82, 2.24) is 14.1 Å². The standard InChI is InChI=1S/C19H33N3O3S/c1-15-14-20(17-4-3-5-17)10-11-22(15)18(23)16-12-19(13-16)6-8-21(9-7-19)26(2,24)25/h15-17H,3-14H2,1-2H3/t15-/m0/s1. The predicted molar refractivity (Wildman–Crippen MR) is 101 cm³/mol. The maximum Gasteiger partial charge on any atom is 0.226 e. The molecule has 2 saturated heterocycles. The first-order chi connectivity index (χ1) is 12.3. The number of nitrogens with zero attached hydrogens (tertiary/aromatic N) is 3. The van der Waals surface area contributed by atoms with Gasteiger partial charge in [-0.1, -0.05) is 6.42 Å². The van der Waals surface area contributed by atoms with E-state index in [4.69, 9.17) is 0 Å². The lowest BCUT2D eigenvalue weighted by Crippen LogP contribution is -2.60. The summed E-state index contributed by atoms with van der Waals surface area (Å²) in [5, 5.41) is 0. The SMILES string of the molecule is C[C@H]1CN(C2CCC2)CCN1C(=O)C1CC2(CCN(S(C)(=O)=O)CC2)C1. The normalized spacial score (nSPS) is 31.6. The van der Waals surface area contributed by atoms with Gasteiger partial charge in [-0.25, -0.2) is 12.7 Å². The number of sulfonamides is 1. The van der Waals surface area contributed by atoms with Crippen LogP contribution in [0.5, 0.6) is 0 Å². The van der Waals surface area contributed by atoms with Crippen molar-refractivity contribution < 1.29 is 13.2 Å². The molecule has 0 N–H and O–H groups in total. The van der Waals surface area contributed by atoms with Gasteiger partial charge in [0.15, 0.2) is 0 Å². The monoisotopic (exact) mass is 383 g/mol. The smallest absolute Gasteiger partial charge is 0.226 e. The van der Waals surface area contributed by atoms with Gasteiger partial charge in [0, 0.05) is 50.7 Å². The third-order valence-electron chi connectivity index (χ3n) is 7.49. The lowest BCUT2D eigenvalue weighted by atomic mass is 9.57. The summed E-state index contributed by atoms with van der Waals surface area (Å²) in [5.74, 6) is 0.513. The van der Waals surface area contributed by atoms with E-state index < -0.39 is 10.0 Å². The summed E-state index contributed by atoms with van der Waals surface area (Å²) in [5.41, 5.74) is 0.221. The minimum absolute atomic E-state index is 0.164. The summed E-state index contributed by atoms with van der Waals surface area (Å²) in [6, 6.07) is 1.09. The van der Waals surface area contributed by atoms with Crippen molar-refractivity contribution in [3.63, 3.8) is 0 Å². The van der Waals surface area contributed by atoms with Gasteiger partial charge in [0.1, 0.15) is 0 Å². The van der Waals surface area contributed by atoms with Crippen molar-refractivity contribution in [2.45, 2.75) is 64.0 Å². The molecule has 0 radical (unpaired) electrons. The number of piperazine rings is 1. The summed E-state index contributed by atoms with van der Waals surface area (Å²) >= 11 is 0. The first-order valence-corrected chi connectivity index (χ1v) is 12.1. The average molecular weight is 384 g/mol. The molecule has 26 heavy (non-hydrogen) atoms. The Kier molecular flexibility index (Phi) is 4.85. The molecule has 2 aliphatic heterocycles. The van der Waals surface area contributed by atoms with Crippen LogP contribution in [-0.4, -0.2) is 79.5 Å². The van der Waals surface area contributed by atoms with Crippen LogP contribution in [0.25, 0.3) is 0 Å². The molecular formula is C19H33N3O3S. The van der Waals surface area contributed by atoms with E-state index in [2.05, 4.69) is 16.7 Å². The van der Waals surface area contributed by atoms with Gasteiger partial charge in [0.2, 0.25) is 15.9 Å². The molecule has 148 valence electrons. The molecule has 6 nitrogen and oxygen atoms in total. The van der Waals surface area contributed by atoms with Crippen molar-refractivity contribution in [3.05, 3.63) is 0 Å². The van der Waals surface area contributed by atoms with Crippen molar-refractivity contribution in [3.8, 4) is 0 Å². The Morgan fingerprint density at radius 1 is 1.04 bits per heavy atom. The van der Waals surface area contributed by atoms with Crippen LogP contribution in [0.15, 0.2) is 0 Å². The van der Waals surface area contributed by atoms with Crippen LogP contribution in [0.2, 0.25) is 0 Å². The van der Waals surface area contributed by atoms with E-state index in [1.165, 1.54) is 25.5 Å². The average Bonchev–Trinajstić information content (AvgIpc) is 2.50. The van der Waals surface area contributed by atoms with Gasteiger partial charge in [0.05, 0.1) is 6.26 Å². The molecule has 4 aliphatic rings. The number of hydrogen-bond acceptors (Lipinski definition) is 4. The van der Waals surface area contributed by atoms with E-state index in [9.17, 15) is 13.2 Å². The summed E-state index contributed by atoms with van der Waals surface area (Å²) < 4.78 is 25.0. The first-order valence-electron chi connectivity index (χ1n) is 10.3. The van der Waals surface area contributed by atoms with Crippen LogP contribution in [0.4, 0.5) is 0 Å². The van der Waals surface area contributed by atoms with E-state index in [1.807, 2.05) is 0 Å². The fourth-order valence-electron chi connectivity index (χ4n) is 5.49. The Bertz CT molecular complexity index is 645. The number of piperidine rings is 1. The van der Waals surface area contributed by atoms with Gasteiger partial charge in [-0.15, -0.1) is 0 Å². The number of hydrogen-bond donors (Lipinski definition) is 0. The molecule has 0 aromatic carbocycles. The van der Waals surface area contributed by atoms with E-state index in [0.29, 0.717) is 25.0 Å². The highest BCUT2D eigenvalue weighted by molar-refractivity contribution is 7.88. The van der Waals surface area contributed by atoms with Gasteiger partial charge >= 0.3 is 0 Å². The van der Waals surface area contributed by atoms with Crippen LogP contribution in [-0.2, 0) is 14.8 Å². The zero-order valence-electron chi connectivity index (χ0n) is 16.2. The molecule has 0 unspecified atom stereocenters. The maximum atomic E-state index is 13.0. The summed E-state index contributed by atoms with van der Waals surface area (Å²) in [4.78, 5) is 17.7. The molecule has 0 bridgehead atoms. The van der Waals surface area contributed by atoms with E-state index >= 15 is 0 Å². The largest absolute Gasteiger partial charge is 0.337 e. The van der Waals surface area contributed by atoms with Gasteiger partial charge in [-0.3, -0.25) is 9.69 Å². The lowest BCUT2D eigenvalue weighted by molar-refractivity contribution is -0.150. The fraction of sp³-hybridized carbons (Fsp3) is 0.947. The molecule has 7 heteroatoms. The van der Waals surface area contributed by atoms with Gasteiger partial charge in [0.25, 0.3) is 0 Å². The lowest BCUT2D eigenvalue weighted by Gasteiger charge is -2.53. The van der Waals surface area contributed by atoms with Gasteiger partial charge in [-0.05, 0) is 50.9 Å².